The molecule has 0 N–H and O–H groups in total. The lowest BCUT2D eigenvalue weighted by atomic mass is 9.41. The molecule has 6 heteroatoms. The lowest BCUT2D eigenvalue weighted by Gasteiger charge is -2.26. The SMILES string of the molecule is CCCB1C=CC=CC1OC(F)(F)C(F)Cl. The molecule has 0 aromatic carbocycles. The van der Waals surface area contributed by atoms with Crippen molar-refractivity contribution >= 4 is 18.3 Å². The molecular formula is C10H13BClF3O. The fraction of sp³-hybridized carbons (Fsp3) is 0.600. The van der Waals surface area contributed by atoms with Gasteiger partial charge in [-0.3, -0.25) is 0 Å². The summed E-state index contributed by atoms with van der Waals surface area (Å²) in [5, 5.41) is 0. The van der Waals surface area contributed by atoms with E-state index in [1.165, 1.54) is 6.08 Å². The molecule has 0 aromatic heterocycles. The number of rotatable bonds is 5. The standard InChI is InChI=1S/C10H13BClF3O/c1-2-6-11-7-4-3-5-8(11)16-10(14,15)9(12)13/h3-5,7-9H,2,6H2,1H3. The van der Waals surface area contributed by atoms with Gasteiger partial charge in [0.25, 0.3) is 5.63 Å². The molecule has 1 aliphatic heterocycles. The third-order valence-corrected chi connectivity index (χ3v) is 2.62. The average molecular weight is 252 g/mol. The lowest BCUT2D eigenvalue weighted by molar-refractivity contribution is -0.259. The van der Waals surface area contributed by atoms with Crippen molar-refractivity contribution in [1.82, 2.24) is 0 Å². The van der Waals surface area contributed by atoms with Gasteiger partial charge in [0, 0.05) is 0 Å². The zero-order chi connectivity index (χ0) is 12.2. The first-order chi connectivity index (χ1) is 7.47. The van der Waals surface area contributed by atoms with Crippen molar-refractivity contribution in [2.75, 3.05) is 0 Å². The van der Waals surface area contributed by atoms with Crippen molar-refractivity contribution in [1.29, 1.82) is 0 Å². The number of halogens is 4. The molecule has 0 aromatic rings. The van der Waals surface area contributed by atoms with Crippen LogP contribution >= 0.6 is 11.6 Å². The largest absolute Gasteiger partial charge is 0.400 e. The molecule has 0 saturated carbocycles. The van der Waals surface area contributed by atoms with Crippen LogP contribution in [0.15, 0.2) is 24.2 Å². The molecule has 0 saturated heterocycles. The van der Waals surface area contributed by atoms with Gasteiger partial charge in [0.15, 0.2) is 0 Å². The van der Waals surface area contributed by atoms with Crippen LogP contribution in [-0.4, -0.2) is 24.5 Å². The van der Waals surface area contributed by atoms with E-state index in [1.807, 2.05) is 6.92 Å². The van der Waals surface area contributed by atoms with Gasteiger partial charge in [-0.05, 0) is 0 Å². The maximum Gasteiger partial charge on any atom is 0.400 e. The Bertz CT molecular complexity index is 281. The number of hydrogen-bond acceptors (Lipinski definition) is 1. The Hall–Kier alpha value is -0.415. The molecule has 0 aliphatic carbocycles. The van der Waals surface area contributed by atoms with Gasteiger partial charge in [0.05, 0.1) is 6.00 Å². The van der Waals surface area contributed by atoms with Gasteiger partial charge in [-0.15, -0.1) is 5.98 Å². The predicted octanol–water partition coefficient (Wildman–Crippen LogP) is 3.61. The maximum atomic E-state index is 13.0. The molecule has 1 aliphatic rings. The molecule has 0 radical (unpaired) electrons. The van der Waals surface area contributed by atoms with Crippen molar-refractivity contribution in [2.24, 2.45) is 0 Å². The third kappa shape index (κ3) is 3.56. The number of alkyl halides is 4. The van der Waals surface area contributed by atoms with E-state index >= 15 is 0 Å². The zero-order valence-electron chi connectivity index (χ0n) is 8.88. The summed E-state index contributed by atoms with van der Waals surface area (Å²) in [6.45, 7) is 1.79. The van der Waals surface area contributed by atoms with Gasteiger partial charge < -0.3 is 4.74 Å². The van der Waals surface area contributed by atoms with E-state index in [4.69, 9.17) is 11.6 Å². The van der Waals surface area contributed by atoms with Crippen LogP contribution in [0, 0.1) is 0 Å². The molecule has 2 atom stereocenters. The maximum absolute atomic E-state index is 13.0. The summed E-state index contributed by atoms with van der Waals surface area (Å²) in [5.74, 6) is 1.78. The van der Waals surface area contributed by atoms with E-state index in [0.29, 0.717) is 6.32 Å². The average Bonchev–Trinajstić information content (AvgIpc) is 2.20. The topological polar surface area (TPSA) is 9.23 Å². The highest BCUT2D eigenvalue weighted by molar-refractivity contribution is 6.66. The van der Waals surface area contributed by atoms with Crippen LogP contribution in [-0.2, 0) is 4.74 Å². The van der Waals surface area contributed by atoms with Crippen molar-refractivity contribution in [3.8, 4) is 0 Å². The Labute approximate surface area is 98.4 Å². The summed E-state index contributed by atoms with van der Waals surface area (Å²) in [4.78, 5) is 0. The number of allylic oxidation sites excluding steroid dienone is 2. The Balaban J connectivity index is 2.64. The smallest absolute Gasteiger partial charge is 0.318 e. The quantitative estimate of drug-likeness (QED) is 0.536. The molecule has 0 bridgehead atoms. The summed E-state index contributed by atoms with van der Waals surface area (Å²) in [6, 6.07) is -0.822. The van der Waals surface area contributed by atoms with Gasteiger partial charge in [0.1, 0.15) is 0 Å². The zero-order valence-corrected chi connectivity index (χ0v) is 9.63. The van der Waals surface area contributed by atoms with Crippen molar-refractivity contribution in [3.05, 3.63) is 24.2 Å². The summed E-state index contributed by atoms with van der Waals surface area (Å²) in [7, 11) is 0. The van der Waals surface area contributed by atoms with Crippen LogP contribution in [0.5, 0.6) is 0 Å². The molecular weight excluding hydrogens is 239 g/mol. The van der Waals surface area contributed by atoms with Crippen LogP contribution < -0.4 is 0 Å². The van der Waals surface area contributed by atoms with Gasteiger partial charge in [-0.1, -0.05) is 49.5 Å². The predicted molar refractivity (Wildman–Crippen MR) is 59.7 cm³/mol. The first kappa shape index (κ1) is 13.6. The molecule has 1 nitrogen and oxygen atoms in total. The van der Waals surface area contributed by atoms with E-state index in [2.05, 4.69) is 4.74 Å². The highest BCUT2D eigenvalue weighted by Crippen LogP contribution is 2.29. The van der Waals surface area contributed by atoms with Gasteiger partial charge in [0.2, 0.25) is 6.71 Å². The fourth-order valence-electron chi connectivity index (χ4n) is 1.59. The van der Waals surface area contributed by atoms with Crippen molar-refractivity contribution < 1.29 is 17.9 Å². The molecule has 0 fully saturated rings. The normalized spacial score (nSPS) is 22.6. The monoisotopic (exact) mass is 252 g/mol. The lowest BCUT2D eigenvalue weighted by Crippen LogP contribution is -2.41. The van der Waals surface area contributed by atoms with Crippen LogP contribution in [0.2, 0.25) is 6.32 Å². The minimum Gasteiger partial charge on any atom is -0.318 e. The van der Waals surface area contributed by atoms with E-state index < -0.39 is 17.7 Å². The Morgan fingerprint density at radius 2 is 2.19 bits per heavy atom. The van der Waals surface area contributed by atoms with E-state index in [9.17, 15) is 13.2 Å². The number of hydrogen-bond donors (Lipinski definition) is 0. The first-order valence-corrected chi connectivity index (χ1v) is 5.59. The van der Waals surface area contributed by atoms with E-state index in [-0.39, 0.29) is 6.71 Å². The van der Waals surface area contributed by atoms with Gasteiger partial charge >= 0.3 is 6.11 Å². The highest BCUT2D eigenvalue weighted by Gasteiger charge is 2.44. The molecule has 16 heavy (non-hydrogen) atoms. The Kier molecular flexibility index (Phi) is 4.93. The second-order valence-corrected chi connectivity index (χ2v) is 4.05. The minimum atomic E-state index is -3.95. The summed E-state index contributed by atoms with van der Waals surface area (Å²) < 4.78 is 42.7. The van der Waals surface area contributed by atoms with Crippen LogP contribution in [0.3, 0.4) is 0 Å². The molecule has 0 spiro atoms. The molecule has 1 rings (SSSR count). The molecule has 1 heterocycles. The van der Waals surface area contributed by atoms with E-state index in [0.717, 1.165) is 6.42 Å². The van der Waals surface area contributed by atoms with Gasteiger partial charge in [-0.2, -0.15) is 8.78 Å². The number of ether oxygens (including phenoxy) is 1. The molecule has 0 amide bonds. The van der Waals surface area contributed by atoms with Crippen molar-refractivity contribution in [2.45, 2.75) is 37.4 Å². The van der Waals surface area contributed by atoms with Crippen LogP contribution in [0.4, 0.5) is 13.2 Å². The fourth-order valence-corrected chi connectivity index (χ4v) is 1.64. The molecule has 90 valence electrons. The van der Waals surface area contributed by atoms with E-state index in [1.54, 1.807) is 18.1 Å². The molecule has 2 unspecified atom stereocenters. The Morgan fingerprint density at radius 1 is 1.50 bits per heavy atom. The van der Waals surface area contributed by atoms with Crippen LogP contribution in [0.25, 0.3) is 0 Å². The summed E-state index contributed by atoms with van der Waals surface area (Å²) in [6.07, 6.45) is 2.47. The third-order valence-electron chi connectivity index (χ3n) is 2.36. The van der Waals surface area contributed by atoms with Gasteiger partial charge in [-0.25, -0.2) is 4.39 Å². The Morgan fingerprint density at radius 3 is 2.75 bits per heavy atom. The summed E-state index contributed by atoms with van der Waals surface area (Å²) in [5.41, 5.74) is -2.82. The second kappa shape index (κ2) is 5.78. The first-order valence-electron chi connectivity index (χ1n) is 5.16. The highest BCUT2D eigenvalue weighted by atomic mass is 35.5. The van der Waals surface area contributed by atoms with Crippen LogP contribution in [0.1, 0.15) is 13.3 Å². The summed E-state index contributed by atoms with van der Waals surface area (Å²) >= 11 is 4.73. The minimum absolute atomic E-state index is 0.156. The van der Waals surface area contributed by atoms with Crippen molar-refractivity contribution in [3.63, 3.8) is 0 Å². The second-order valence-electron chi connectivity index (χ2n) is 3.67.